The van der Waals surface area contributed by atoms with E-state index in [1.165, 1.54) is 24.3 Å². The van der Waals surface area contributed by atoms with E-state index in [-0.39, 0.29) is 5.69 Å². The van der Waals surface area contributed by atoms with Crippen LogP contribution in [0, 0.1) is 5.82 Å². The summed E-state index contributed by atoms with van der Waals surface area (Å²) < 4.78 is 14.7. The molecule has 4 nitrogen and oxygen atoms in total. The van der Waals surface area contributed by atoms with Gasteiger partial charge in [-0.05, 0) is 48.0 Å². The highest BCUT2D eigenvalue weighted by molar-refractivity contribution is 6.47. The first-order valence-electron chi connectivity index (χ1n) is 8.40. The van der Waals surface area contributed by atoms with Gasteiger partial charge >= 0.3 is 0 Å². The molecule has 132 valence electrons. The van der Waals surface area contributed by atoms with E-state index in [0.717, 1.165) is 11.1 Å². The standard InChI is InChI=1S/C22H15FN2O2/c23-16-9-11-17(12-10-16)24-22(27)21(26)20-19(15-6-2-1-3-7-15)14-18-8-4-5-13-25(18)20/h1-14H,(H,24,27). The van der Waals surface area contributed by atoms with Crippen LogP contribution in [0.3, 0.4) is 0 Å². The first kappa shape index (κ1) is 16.7. The van der Waals surface area contributed by atoms with E-state index < -0.39 is 17.5 Å². The van der Waals surface area contributed by atoms with E-state index in [1.807, 2.05) is 48.5 Å². The van der Waals surface area contributed by atoms with Crippen molar-refractivity contribution in [3.63, 3.8) is 0 Å². The van der Waals surface area contributed by atoms with Gasteiger partial charge in [-0.25, -0.2) is 4.39 Å². The largest absolute Gasteiger partial charge is 0.319 e. The Morgan fingerprint density at radius 2 is 1.56 bits per heavy atom. The molecule has 0 radical (unpaired) electrons. The molecule has 4 rings (SSSR count). The summed E-state index contributed by atoms with van der Waals surface area (Å²) in [6, 6.07) is 22.1. The lowest BCUT2D eigenvalue weighted by atomic mass is 10.0. The van der Waals surface area contributed by atoms with Crippen LogP contribution in [0.15, 0.2) is 85.1 Å². The van der Waals surface area contributed by atoms with Crippen LogP contribution in [0.25, 0.3) is 16.6 Å². The van der Waals surface area contributed by atoms with Gasteiger partial charge in [0.15, 0.2) is 0 Å². The molecular formula is C22H15FN2O2. The minimum atomic E-state index is -0.775. The fourth-order valence-electron chi connectivity index (χ4n) is 3.02. The Kier molecular flexibility index (Phi) is 4.26. The van der Waals surface area contributed by atoms with Gasteiger partial charge in [-0.1, -0.05) is 36.4 Å². The molecule has 0 aliphatic heterocycles. The van der Waals surface area contributed by atoms with E-state index in [2.05, 4.69) is 5.32 Å². The van der Waals surface area contributed by atoms with Crippen LogP contribution in [0.1, 0.15) is 10.5 Å². The molecule has 0 bridgehead atoms. The normalized spacial score (nSPS) is 10.7. The molecule has 0 atom stereocenters. The first-order chi connectivity index (χ1) is 13.1. The zero-order chi connectivity index (χ0) is 18.8. The highest BCUT2D eigenvalue weighted by Gasteiger charge is 2.24. The third-order valence-electron chi connectivity index (χ3n) is 4.29. The second kappa shape index (κ2) is 6.88. The quantitative estimate of drug-likeness (QED) is 0.429. The van der Waals surface area contributed by atoms with Crippen molar-refractivity contribution in [3.05, 3.63) is 96.6 Å². The minimum Gasteiger partial charge on any atom is -0.319 e. The highest BCUT2D eigenvalue weighted by Crippen LogP contribution is 2.28. The Labute approximate surface area is 154 Å². The molecule has 2 heterocycles. The number of ketones is 1. The van der Waals surface area contributed by atoms with Gasteiger partial charge in [-0.15, -0.1) is 0 Å². The van der Waals surface area contributed by atoms with Crippen LogP contribution in [0.5, 0.6) is 0 Å². The molecule has 0 aliphatic rings. The Morgan fingerprint density at radius 1 is 0.852 bits per heavy atom. The first-order valence-corrected chi connectivity index (χ1v) is 8.40. The number of rotatable bonds is 4. The number of nitrogens with zero attached hydrogens (tertiary/aromatic N) is 1. The van der Waals surface area contributed by atoms with Crippen molar-refractivity contribution in [2.24, 2.45) is 0 Å². The lowest BCUT2D eigenvalue weighted by Gasteiger charge is -2.07. The van der Waals surface area contributed by atoms with Crippen molar-refractivity contribution < 1.29 is 14.0 Å². The molecule has 1 N–H and O–H groups in total. The van der Waals surface area contributed by atoms with Crippen LogP contribution < -0.4 is 5.32 Å². The maximum atomic E-state index is 13.0. The zero-order valence-corrected chi connectivity index (χ0v) is 14.2. The maximum Gasteiger partial charge on any atom is 0.298 e. The maximum absolute atomic E-state index is 13.0. The molecule has 0 spiro atoms. The molecule has 0 fully saturated rings. The predicted molar refractivity (Wildman–Crippen MR) is 102 cm³/mol. The predicted octanol–water partition coefficient (Wildman–Crippen LogP) is 4.57. The SMILES string of the molecule is O=C(Nc1ccc(F)cc1)C(=O)c1c(-c2ccccc2)cc2ccccn12. The number of fused-ring (bicyclic) bond motifs is 1. The summed E-state index contributed by atoms with van der Waals surface area (Å²) in [6.45, 7) is 0. The minimum absolute atomic E-state index is 0.288. The molecule has 0 saturated carbocycles. The second-order valence-corrected chi connectivity index (χ2v) is 6.06. The van der Waals surface area contributed by atoms with Crippen molar-refractivity contribution >= 4 is 22.9 Å². The number of Topliss-reactive ketones (excluding diaryl/α,β-unsaturated/α-hetero) is 1. The fourth-order valence-corrected chi connectivity index (χ4v) is 3.02. The van der Waals surface area contributed by atoms with Gasteiger partial charge in [-0.2, -0.15) is 0 Å². The molecule has 4 aromatic rings. The van der Waals surface area contributed by atoms with Gasteiger partial charge in [-0.3, -0.25) is 9.59 Å². The Morgan fingerprint density at radius 3 is 2.30 bits per heavy atom. The lowest BCUT2D eigenvalue weighted by molar-refractivity contribution is -0.112. The van der Waals surface area contributed by atoms with Crippen LogP contribution in [-0.2, 0) is 4.79 Å². The number of nitrogens with one attached hydrogen (secondary N) is 1. The van der Waals surface area contributed by atoms with Gasteiger partial charge < -0.3 is 9.72 Å². The average molecular weight is 358 g/mol. The number of carbonyl (C=O) groups is 2. The smallest absolute Gasteiger partial charge is 0.298 e. The molecule has 0 aliphatic carbocycles. The van der Waals surface area contributed by atoms with E-state index in [9.17, 15) is 14.0 Å². The van der Waals surface area contributed by atoms with Gasteiger partial charge in [0.2, 0.25) is 0 Å². The molecule has 0 saturated heterocycles. The zero-order valence-electron chi connectivity index (χ0n) is 14.2. The topological polar surface area (TPSA) is 50.6 Å². The summed E-state index contributed by atoms with van der Waals surface area (Å²) in [7, 11) is 0. The third kappa shape index (κ3) is 3.22. The monoisotopic (exact) mass is 358 g/mol. The van der Waals surface area contributed by atoms with Crippen molar-refractivity contribution in [3.8, 4) is 11.1 Å². The summed E-state index contributed by atoms with van der Waals surface area (Å²) in [5, 5.41) is 2.53. The molecular weight excluding hydrogens is 343 g/mol. The Balaban J connectivity index is 1.76. The Hall–Kier alpha value is -3.73. The molecule has 0 unspecified atom stereocenters. The number of pyridine rings is 1. The van der Waals surface area contributed by atoms with Crippen LogP contribution in [-0.4, -0.2) is 16.1 Å². The number of anilines is 1. The summed E-state index contributed by atoms with van der Waals surface area (Å²) in [5.74, 6) is -1.85. The molecule has 5 heteroatoms. The van der Waals surface area contributed by atoms with Crippen LogP contribution in [0.2, 0.25) is 0 Å². The van der Waals surface area contributed by atoms with Gasteiger partial charge in [0, 0.05) is 23.0 Å². The van der Waals surface area contributed by atoms with Gasteiger partial charge in [0.05, 0.1) is 0 Å². The number of carbonyl (C=O) groups excluding carboxylic acids is 2. The highest BCUT2D eigenvalue weighted by atomic mass is 19.1. The molecule has 2 aromatic carbocycles. The lowest BCUT2D eigenvalue weighted by Crippen LogP contribution is -2.24. The summed E-state index contributed by atoms with van der Waals surface area (Å²) in [5.41, 5.74) is 2.99. The summed E-state index contributed by atoms with van der Waals surface area (Å²) >= 11 is 0. The second-order valence-electron chi connectivity index (χ2n) is 6.06. The van der Waals surface area contributed by atoms with Crippen molar-refractivity contribution in [2.75, 3.05) is 5.32 Å². The number of amides is 1. The summed E-state index contributed by atoms with van der Waals surface area (Å²) in [6.07, 6.45) is 1.75. The number of halogens is 1. The molecule has 1 amide bonds. The number of aromatic nitrogens is 1. The average Bonchev–Trinajstić information content (AvgIpc) is 3.09. The number of benzene rings is 2. The number of hydrogen-bond donors (Lipinski definition) is 1. The van der Waals surface area contributed by atoms with Crippen molar-refractivity contribution in [1.82, 2.24) is 4.40 Å². The third-order valence-corrected chi connectivity index (χ3v) is 4.29. The molecule has 27 heavy (non-hydrogen) atoms. The van der Waals surface area contributed by atoms with Crippen molar-refractivity contribution in [2.45, 2.75) is 0 Å². The summed E-state index contributed by atoms with van der Waals surface area (Å²) in [4.78, 5) is 25.5. The van der Waals surface area contributed by atoms with Crippen LogP contribution in [0.4, 0.5) is 10.1 Å². The van der Waals surface area contributed by atoms with Gasteiger partial charge in [0.1, 0.15) is 11.5 Å². The van der Waals surface area contributed by atoms with Crippen LogP contribution >= 0.6 is 0 Å². The molecule has 2 aromatic heterocycles. The number of hydrogen-bond acceptors (Lipinski definition) is 2. The van der Waals surface area contributed by atoms with Gasteiger partial charge in [0.25, 0.3) is 11.7 Å². The van der Waals surface area contributed by atoms with Crippen molar-refractivity contribution in [1.29, 1.82) is 0 Å². The van der Waals surface area contributed by atoms with E-state index >= 15 is 0 Å². The van der Waals surface area contributed by atoms with E-state index in [0.29, 0.717) is 11.3 Å². The van der Waals surface area contributed by atoms with E-state index in [1.54, 1.807) is 16.7 Å². The fraction of sp³-hybridized carbons (Fsp3) is 0. The Bertz CT molecular complexity index is 1130. The van der Waals surface area contributed by atoms with E-state index in [4.69, 9.17) is 0 Å².